The van der Waals surface area contributed by atoms with Crippen molar-refractivity contribution in [2.24, 2.45) is 0 Å². The highest BCUT2D eigenvalue weighted by atomic mass is 16.5. The maximum Gasteiger partial charge on any atom is 0.119 e. The summed E-state index contributed by atoms with van der Waals surface area (Å²) in [5.74, 6) is 0.906. The molecule has 0 aromatic heterocycles. The van der Waals surface area contributed by atoms with E-state index >= 15 is 0 Å². The van der Waals surface area contributed by atoms with Gasteiger partial charge in [0.1, 0.15) is 12.4 Å². The van der Waals surface area contributed by atoms with Crippen LogP contribution in [-0.4, -0.2) is 0 Å². The third kappa shape index (κ3) is 4.97. The summed E-state index contributed by atoms with van der Waals surface area (Å²) in [6.07, 6.45) is 0. The first kappa shape index (κ1) is 16.3. The fourth-order valence-corrected chi connectivity index (χ4v) is 2.62. The molecule has 0 aliphatic carbocycles. The van der Waals surface area contributed by atoms with Crippen LogP contribution in [0, 0.1) is 6.92 Å². The average Bonchev–Trinajstić information content (AvgIpc) is 2.62. The average molecular weight is 317 g/mol. The maximum atomic E-state index is 5.86. The molecule has 2 nitrogen and oxygen atoms in total. The summed E-state index contributed by atoms with van der Waals surface area (Å²) >= 11 is 0. The molecule has 0 unspecified atom stereocenters. The van der Waals surface area contributed by atoms with Crippen molar-refractivity contribution in [2.45, 2.75) is 26.6 Å². The molecule has 0 bridgehead atoms. The van der Waals surface area contributed by atoms with Crippen LogP contribution in [0.1, 0.15) is 22.3 Å². The monoisotopic (exact) mass is 317 g/mol. The highest BCUT2D eigenvalue weighted by Crippen LogP contribution is 2.15. The molecule has 0 aliphatic heterocycles. The zero-order chi connectivity index (χ0) is 16.6. The zero-order valence-electron chi connectivity index (χ0n) is 14.0. The van der Waals surface area contributed by atoms with Gasteiger partial charge in [0.05, 0.1) is 0 Å². The fourth-order valence-electron chi connectivity index (χ4n) is 2.62. The second-order valence-electron chi connectivity index (χ2n) is 6.01. The molecular weight excluding hydrogens is 294 g/mol. The fraction of sp³-hybridized carbons (Fsp3) is 0.182. The van der Waals surface area contributed by atoms with Crippen molar-refractivity contribution in [3.05, 3.63) is 101 Å². The Morgan fingerprint density at radius 2 is 1.38 bits per heavy atom. The zero-order valence-corrected chi connectivity index (χ0v) is 14.0. The van der Waals surface area contributed by atoms with E-state index in [0.29, 0.717) is 6.61 Å². The Morgan fingerprint density at radius 3 is 2.08 bits per heavy atom. The van der Waals surface area contributed by atoms with E-state index in [2.05, 4.69) is 72.9 Å². The maximum absolute atomic E-state index is 5.86. The summed E-state index contributed by atoms with van der Waals surface area (Å²) < 4.78 is 5.86. The Morgan fingerprint density at radius 1 is 0.708 bits per heavy atom. The van der Waals surface area contributed by atoms with Gasteiger partial charge in [-0.25, -0.2) is 0 Å². The molecule has 2 heteroatoms. The first-order valence-electron chi connectivity index (χ1n) is 8.31. The predicted molar refractivity (Wildman–Crippen MR) is 98.9 cm³/mol. The van der Waals surface area contributed by atoms with Gasteiger partial charge in [-0.3, -0.25) is 0 Å². The van der Waals surface area contributed by atoms with Gasteiger partial charge in [0.2, 0.25) is 0 Å². The van der Waals surface area contributed by atoms with E-state index in [0.717, 1.165) is 18.8 Å². The first-order valence-corrected chi connectivity index (χ1v) is 8.31. The Labute approximate surface area is 144 Å². The molecule has 0 heterocycles. The van der Waals surface area contributed by atoms with Gasteiger partial charge in [-0.05, 0) is 35.7 Å². The minimum Gasteiger partial charge on any atom is -0.489 e. The molecule has 0 fully saturated rings. The van der Waals surface area contributed by atoms with Crippen molar-refractivity contribution >= 4 is 0 Å². The molecule has 0 saturated carbocycles. The van der Waals surface area contributed by atoms with Crippen LogP contribution in [-0.2, 0) is 19.7 Å². The number of ether oxygens (including phenoxy) is 1. The van der Waals surface area contributed by atoms with Crippen molar-refractivity contribution in [2.75, 3.05) is 0 Å². The lowest BCUT2D eigenvalue weighted by Gasteiger charge is -2.09. The van der Waals surface area contributed by atoms with Gasteiger partial charge >= 0.3 is 0 Å². The number of rotatable bonds is 7. The lowest BCUT2D eigenvalue weighted by molar-refractivity contribution is 0.306. The van der Waals surface area contributed by atoms with Crippen molar-refractivity contribution in [3.63, 3.8) is 0 Å². The van der Waals surface area contributed by atoms with Gasteiger partial charge in [-0.15, -0.1) is 0 Å². The Hall–Kier alpha value is -2.58. The van der Waals surface area contributed by atoms with E-state index in [-0.39, 0.29) is 0 Å². The summed E-state index contributed by atoms with van der Waals surface area (Å²) in [5.41, 5.74) is 5.02. The van der Waals surface area contributed by atoms with Gasteiger partial charge in [0, 0.05) is 13.1 Å². The normalized spacial score (nSPS) is 10.5. The van der Waals surface area contributed by atoms with E-state index < -0.39 is 0 Å². The molecule has 24 heavy (non-hydrogen) atoms. The van der Waals surface area contributed by atoms with Crippen LogP contribution in [0.15, 0.2) is 78.9 Å². The molecular formula is C22H23NO. The number of hydrogen-bond acceptors (Lipinski definition) is 2. The van der Waals surface area contributed by atoms with Crippen LogP contribution in [0.4, 0.5) is 0 Å². The van der Waals surface area contributed by atoms with Crippen LogP contribution in [0.5, 0.6) is 5.75 Å². The quantitative estimate of drug-likeness (QED) is 0.671. The molecule has 0 aliphatic rings. The first-order chi connectivity index (χ1) is 11.8. The van der Waals surface area contributed by atoms with Crippen molar-refractivity contribution in [1.82, 2.24) is 5.32 Å². The molecule has 0 saturated heterocycles. The van der Waals surface area contributed by atoms with Crippen LogP contribution in [0.25, 0.3) is 0 Å². The third-order valence-electron chi connectivity index (χ3n) is 3.91. The highest BCUT2D eigenvalue weighted by Gasteiger charge is 1.98. The molecule has 1 N–H and O–H groups in total. The molecule has 0 radical (unpaired) electrons. The summed E-state index contributed by atoms with van der Waals surface area (Å²) in [4.78, 5) is 0. The summed E-state index contributed by atoms with van der Waals surface area (Å²) in [5, 5.41) is 3.46. The topological polar surface area (TPSA) is 21.3 Å². The summed E-state index contributed by atoms with van der Waals surface area (Å²) in [6.45, 7) is 4.44. The molecule has 0 spiro atoms. The number of benzene rings is 3. The summed E-state index contributed by atoms with van der Waals surface area (Å²) in [7, 11) is 0. The van der Waals surface area contributed by atoms with Crippen molar-refractivity contribution in [3.8, 4) is 5.75 Å². The van der Waals surface area contributed by atoms with E-state index in [1.165, 1.54) is 22.3 Å². The molecule has 0 amide bonds. The van der Waals surface area contributed by atoms with Gasteiger partial charge < -0.3 is 10.1 Å². The Bertz CT molecular complexity index is 750. The molecule has 3 rings (SSSR count). The largest absolute Gasteiger partial charge is 0.489 e. The van der Waals surface area contributed by atoms with Gasteiger partial charge in [0.15, 0.2) is 0 Å². The van der Waals surface area contributed by atoms with Gasteiger partial charge in [-0.2, -0.15) is 0 Å². The van der Waals surface area contributed by atoms with E-state index in [4.69, 9.17) is 4.74 Å². The summed E-state index contributed by atoms with van der Waals surface area (Å²) in [6, 6.07) is 27.2. The lowest BCUT2D eigenvalue weighted by Crippen LogP contribution is -2.12. The second-order valence-corrected chi connectivity index (χ2v) is 6.01. The van der Waals surface area contributed by atoms with Crippen molar-refractivity contribution < 1.29 is 4.74 Å². The van der Waals surface area contributed by atoms with Gasteiger partial charge in [0.25, 0.3) is 0 Å². The molecule has 122 valence electrons. The standard InChI is InChI=1S/C22H23NO/c1-18-6-5-9-21(14-18)17-24-22-12-10-20(11-13-22)16-23-15-19-7-3-2-4-8-19/h2-14,23H,15-17H2,1H3. The number of aryl methyl sites for hydroxylation is 1. The second kappa shape index (κ2) is 8.32. The predicted octanol–water partition coefficient (Wildman–Crippen LogP) is 4.86. The van der Waals surface area contributed by atoms with Gasteiger partial charge in [-0.1, -0.05) is 72.3 Å². The van der Waals surface area contributed by atoms with Crippen molar-refractivity contribution in [1.29, 1.82) is 0 Å². The third-order valence-corrected chi connectivity index (χ3v) is 3.91. The minimum absolute atomic E-state index is 0.604. The molecule has 0 atom stereocenters. The molecule has 3 aromatic rings. The SMILES string of the molecule is Cc1cccc(COc2ccc(CNCc3ccccc3)cc2)c1. The minimum atomic E-state index is 0.604. The van der Waals surface area contributed by atoms with Crippen LogP contribution < -0.4 is 10.1 Å². The smallest absolute Gasteiger partial charge is 0.119 e. The number of hydrogen-bond donors (Lipinski definition) is 1. The number of nitrogens with one attached hydrogen (secondary N) is 1. The Kier molecular flexibility index (Phi) is 5.65. The van der Waals surface area contributed by atoms with E-state index in [1.54, 1.807) is 0 Å². The Balaban J connectivity index is 1.46. The highest BCUT2D eigenvalue weighted by molar-refractivity contribution is 5.28. The lowest BCUT2D eigenvalue weighted by atomic mass is 10.1. The molecule has 3 aromatic carbocycles. The van der Waals surface area contributed by atoms with Crippen LogP contribution >= 0.6 is 0 Å². The van der Waals surface area contributed by atoms with E-state index in [1.807, 2.05) is 18.2 Å². The van der Waals surface area contributed by atoms with Crippen LogP contribution in [0.3, 0.4) is 0 Å². The van der Waals surface area contributed by atoms with E-state index in [9.17, 15) is 0 Å². The van der Waals surface area contributed by atoms with Crippen LogP contribution in [0.2, 0.25) is 0 Å².